The van der Waals surface area contributed by atoms with Crippen molar-refractivity contribution in [2.75, 3.05) is 0 Å². The molecule has 5 N–H and O–H groups in total. The van der Waals surface area contributed by atoms with Crippen LogP contribution in [0.15, 0.2) is 69.3 Å². The van der Waals surface area contributed by atoms with Crippen molar-refractivity contribution in [1.82, 2.24) is 20.2 Å². The fourth-order valence-corrected chi connectivity index (χ4v) is 6.34. The molecular formula is C39H45BrF2N4O11. The van der Waals surface area contributed by atoms with Gasteiger partial charge >= 0.3 is 17.9 Å². The van der Waals surface area contributed by atoms with Gasteiger partial charge in [-0.25, -0.2) is 23.2 Å². The molecule has 0 aliphatic carbocycles. The molecule has 2 amide bonds. The highest BCUT2D eigenvalue weighted by molar-refractivity contribution is 9.11. The second kappa shape index (κ2) is 18.0. The van der Waals surface area contributed by atoms with Gasteiger partial charge in [-0.1, -0.05) is 40.2 Å². The first-order valence-electron chi connectivity index (χ1n) is 17.7. The van der Waals surface area contributed by atoms with Crippen LogP contribution < -0.4 is 21.9 Å². The minimum atomic E-state index is -2.90. The average molecular weight is 864 g/mol. The van der Waals surface area contributed by atoms with E-state index in [1.165, 1.54) is 35.3 Å². The van der Waals surface area contributed by atoms with Crippen LogP contribution in [-0.2, 0) is 36.6 Å². The number of H-pyrrole nitrogens is 1. The predicted molar refractivity (Wildman–Crippen MR) is 205 cm³/mol. The molecule has 0 saturated carbocycles. The number of alkyl carbamates (subject to hydrolysis) is 2. The van der Waals surface area contributed by atoms with E-state index in [0.717, 1.165) is 35.0 Å². The zero-order chi connectivity index (χ0) is 42.5. The SMILES string of the molecule is CC(C)(C)OC(=O)N[C@@H](Cc1ccc(F)cc1)C(=O)C(O)[C@H]1O[C@@H](n2cc(/C=C/Br)c(=O)[nH]c2=O)C[C@@]1(O)C(=O)[C@H](Cc1ccc(F)cc1)NC(=O)OC(C)(C)C. The Labute approximate surface area is 334 Å². The third-order valence-electron chi connectivity index (χ3n) is 8.56. The lowest BCUT2D eigenvalue weighted by Gasteiger charge is -2.34. The number of benzene rings is 2. The number of carbonyl (C=O) groups excluding carboxylic acids is 4. The van der Waals surface area contributed by atoms with Gasteiger partial charge in [-0.2, -0.15) is 0 Å². The Hall–Kier alpha value is -5.04. The molecule has 1 unspecified atom stereocenters. The lowest BCUT2D eigenvalue weighted by atomic mass is 9.80. The molecule has 0 spiro atoms. The summed E-state index contributed by atoms with van der Waals surface area (Å²) in [5, 5.41) is 29.1. The van der Waals surface area contributed by atoms with E-state index in [4.69, 9.17) is 14.2 Å². The van der Waals surface area contributed by atoms with E-state index in [0.29, 0.717) is 11.1 Å². The van der Waals surface area contributed by atoms with Crippen LogP contribution in [0.1, 0.15) is 70.9 Å². The Kier molecular flexibility index (Phi) is 14.1. The molecule has 1 aliphatic heterocycles. The van der Waals surface area contributed by atoms with E-state index in [-0.39, 0.29) is 18.4 Å². The monoisotopic (exact) mass is 862 g/mol. The number of nitrogens with one attached hydrogen (secondary N) is 3. The molecule has 1 aromatic heterocycles. The van der Waals surface area contributed by atoms with Crippen LogP contribution in [0.4, 0.5) is 18.4 Å². The molecule has 1 saturated heterocycles. The molecule has 15 nitrogen and oxygen atoms in total. The van der Waals surface area contributed by atoms with E-state index in [1.54, 1.807) is 41.5 Å². The fourth-order valence-electron chi connectivity index (χ4n) is 6.06. The molecule has 57 heavy (non-hydrogen) atoms. The number of carbonyl (C=O) groups is 4. The number of aromatic nitrogens is 2. The second-order valence-electron chi connectivity index (χ2n) is 15.5. The number of amides is 2. The zero-order valence-corrected chi connectivity index (χ0v) is 33.6. The Morgan fingerprint density at radius 1 is 0.912 bits per heavy atom. The van der Waals surface area contributed by atoms with Gasteiger partial charge in [-0.3, -0.25) is 23.9 Å². The van der Waals surface area contributed by atoms with E-state index >= 15 is 0 Å². The summed E-state index contributed by atoms with van der Waals surface area (Å²) in [5.74, 6) is -3.57. The number of aliphatic hydroxyl groups is 2. The summed E-state index contributed by atoms with van der Waals surface area (Å²) in [6.07, 6.45) is -7.53. The molecule has 6 atom stereocenters. The first-order valence-corrected chi connectivity index (χ1v) is 18.7. The average Bonchev–Trinajstić information content (AvgIpc) is 3.46. The van der Waals surface area contributed by atoms with Crippen molar-refractivity contribution in [3.05, 3.63) is 109 Å². The van der Waals surface area contributed by atoms with Gasteiger partial charge < -0.3 is 35.1 Å². The van der Waals surface area contributed by atoms with Crippen molar-refractivity contribution >= 4 is 45.8 Å². The number of rotatable bonds is 13. The van der Waals surface area contributed by atoms with E-state index < -0.39 is 100 Å². The molecule has 4 rings (SSSR count). The minimum absolute atomic E-state index is 0.0632. The molecule has 18 heteroatoms. The maximum absolute atomic E-state index is 14.7. The van der Waals surface area contributed by atoms with Crippen LogP contribution in [0.3, 0.4) is 0 Å². The van der Waals surface area contributed by atoms with Gasteiger partial charge in [-0.05, 0) is 101 Å². The quantitative estimate of drug-likeness (QED) is 0.166. The van der Waals surface area contributed by atoms with Crippen molar-refractivity contribution in [1.29, 1.82) is 0 Å². The van der Waals surface area contributed by atoms with Crippen LogP contribution in [0, 0.1) is 11.6 Å². The summed E-state index contributed by atoms with van der Waals surface area (Å²) < 4.78 is 45.1. The molecule has 1 fully saturated rings. The highest BCUT2D eigenvalue weighted by Gasteiger charge is 2.59. The highest BCUT2D eigenvalue weighted by atomic mass is 79.9. The number of ketones is 2. The Balaban J connectivity index is 1.83. The van der Waals surface area contributed by atoms with Gasteiger partial charge in [-0.15, -0.1) is 0 Å². The van der Waals surface area contributed by atoms with E-state index in [9.17, 15) is 47.8 Å². The third kappa shape index (κ3) is 12.0. The van der Waals surface area contributed by atoms with Crippen molar-refractivity contribution < 1.29 is 52.4 Å². The third-order valence-corrected chi connectivity index (χ3v) is 8.83. The summed E-state index contributed by atoms with van der Waals surface area (Å²) in [5.41, 5.74) is -6.19. The van der Waals surface area contributed by atoms with Crippen LogP contribution in [0.5, 0.6) is 0 Å². The number of hydrogen-bond acceptors (Lipinski definition) is 11. The van der Waals surface area contributed by atoms with Crippen molar-refractivity contribution in [2.45, 2.75) is 108 Å². The lowest BCUT2D eigenvalue weighted by Crippen LogP contribution is -2.62. The molecule has 308 valence electrons. The van der Waals surface area contributed by atoms with Gasteiger partial charge in [0.15, 0.2) is 17.2 Å². The Morgan fingerprint density at radius 2 is 1.39 bits per heavy atom. The number of aliphatic hydroxyl groups excluding tert-OH is 1. The second-order valence-corrected chi connectivity index (χ2v) is 16.0. The summed E-state index contributed by atoms with van der Waals surface area (Å²) >= 11 is 3.06. The lowest BCUT2D eigenvalue weighted by molar-refractivity contribution is -0.163. The van der Waals surface area contributed by atoms with Gasteiger partial charge in [0.1, 0.15) is 41.3 Å². The normalized spacial score (nSPS) is 20.1. The largest absolute Gasteiger partial charge is 0.444 e. The summed E-state index contributed by atoms with van der Waals surface area (Å²) in [4.78, 5) is 84.1. The van der Waals surface area contributed by atoms with Gasteiger partial charge in [0, 0.05) is 12.6 Å². The summed E-state index contributed by atoms with van der Waals surface area (Å²) in [7, 11) is 0. The number of nitrogens with zero attached hydrogens (tertiary/aromatic N) is 1. The topological polar surface area (TPSA) is 215 Å². The number of ether oxygens (including phenoxy) is 3. The molecular weight excluding hydrogens is 818 g/mol. The number of Topliss-reactive ketones (excluding diaryl/α,β-unsaturated/α-hetero) is 2. The summed E-state index contributed by atoms with van der Waals surface area (Å²) in [6.45, 7) is 9.42. The van der Waals surface area contributed by atoms with Crippen molar-refractivity contribution in [3.63, 3.8) is 0 Å². The molecule has 3 aromatic rings. The molecule has 0 bridgehead atoms. The predicted octanol–water partition coefficient (Wildman–Crippen LogP) is 3.97. The van der Waals surface area contributed by atoms with Gasteiger partial charge in [0.25, 0.3) is 5.56 Å². The molecule has 2 aromatic carbocycles. The van der Waals surface area contributed by atoms with Crippen LogP contribution in [0.2, 0.25) is 0 Å². The van der Waals surface area contributed by atoms with Crippen LogP contribution in [0.25, 0.3) is 6.08 Å². The summed E-state index contributed by atoms with van der Waals surface area (Å²) in [6, 6.07) is 6.50. The molecule has 0 radical (unpaired) electrons. The van der Waals surface area contributed by atoms with Gasteiger partial charge in [0.05, 0.1) is 17.6 Å². The molecule has 1 aliphatic rings. The van der Waals surface area contributed by atoms with Crippen LogP contribution >= 0.6 is 15.9 Å². The van der Waals surface area contributed by atoms with Crippen LogP contribution in [-0.4, -0.2) is 84.6 Å². The van der Waals surface area contributed by atoms with E-state index in [2.05, 4.69) is 31.5 Å². The van der Waals surface area contributed by atoms with Crippen molar-refractivity contribution in [2.24, 2.45) is 0 Å². The minimum Gasteiger partial charge on any atom is -0.444 e. The van der Waals surface area contributed by atoms with E-state index in [1.807, 2.05) is 0 Å². The Bertz CT molecular complexity index is 2090. The highest BCUT2D eigenvalue weighted by Crippen LogP contribution is 2.40. The smallest absolute Gasteiger partial charge is 0.408 e. The first-order chi connectivity index (χ1) is 26.5. The number of hydrogen-bond donors (Lipinski definition) is 5. The number of aromatic amines is 1. The standard InChI is InChI=1S/C39H45BrF2N4O11/c1-37(2,3)56-35(52)43-26(17-21-7-11-24(41)12-8-21)29(47)30(48)32-39(54,19-28(55-32)46-20-23(15-16-40)33(50)45-34(46)51)31(49)27(44-36(53)57-38(4,5)6)18-22-9-13-25(42)14-10-22/h7-16,20,26-28,30,32,48,54H,17-19H2,1-6H3,(H,43,52)(H,44,53)(H,45,50,51)/b16-15+/t26-,27-,28+,30?,32+,39+/m0/s1. The van der Waals surface area contributed by atoms with Gasteiger partial charge in [0.2, 0.25) is 0 Å². The molecule has 2 heterocycles. The Morgan fingerprint density at radius 3 is 1.86 bits per heavy atom. The maximum atomic E-state index is 14.7. The number of halogens is 3. The maximum Gasteiger partial charge on any atom is 0.408 e. The zero-order valence-electron chi connectivity index (χ0n) is 32.0. The van der Waals surface area contributed by atoms with Crippen molar-refractivity contribution in [3.8, 4) is 0 Å². The fraction of sp³-hybridized carbons (Fsp3) is 0.436. The first kappa shape index (κ1) is 44.7.